The summed E-state index contributed by atoms with van der Waals surface area (Å²) in [6, 6.07) is 12.1. The second-order valence-electron chi connectivity index (χ2n) is 5.34. The maximum atomic E-state index is 6.34. The van der Waals surface area contributed by atoms with Gasteiger partial charge in [-0.2, -0.15) is 0 Å². The summed E-state index contributed by atoms with van der Waals surface area (Å²) in [5.74, 6) is 0.834. The third-order valence-electron chi connectivity index (χ3n) is 3.59. The van der Waals surface area contributed by atoms with Gasteiger partial charge in [0.15, 0.2) is 0 Å². The highest BCUT2D eigenvalue weighted by molar-refractivity contribution is 6.31. The average molecular weight is 319 g/mol. The summed E-state index contributed by atoms with van der Waals surface area (Å²) in [7, 11) is 0. The van der Waals surface area contributed by atoms with Gasteiger partial charge in [-0.3, -0.25) is 4.57 Å². The lowest BCUT2D eigenvalue weighted by atomic mass is 10.1. The van der Waals surface area contributed by atoms with Crippen molar-refractivity contribution in [3.63, 3.8) is 0 Å². The van der Waals surface area contributed by atoms with Gasteiger partial charge in [0.05, 0.1) is 22.1 Å². The summed E-state index contributed by atoms with van der Waals surface area (Å²) in [5.41, 5.74) is 5.43. The molecule has 1 unspecified atom stereocenters. The molecule has 1 atom stereocenters. The molecule has 0 aliphatic carbocycles. The Hall–Kier alpha value is -1.51. The van der Waals surface area contributed by atoms with Crippen LogP contribution in [0.4, 0.5) is 0 Å². The second-order valence-corrected chi connectivity index (χ2v) is 6.44. The molecule has 0 bridgehead atoms. The molecule has 0 N–H and O–H groups in total. The maximum Gasteiger partial charge on any atom is 0.132 e. The normalized spacial score (nSPS) is 12.8. The molecule has 0 saturated heterocycles. The van der Waals surface area contributed by atoms with Gasteiger partial charge in [0.25, 0.3) is 0 Å². The average Bonchev–Trinajstić information content (AvgIpc) is 2.77. The fraction of sp³-hybridized carbons (Fsp3) is 0.235. The lowest BCUT2D eigenvalue weighted by molar-refractivity contribution is 0.878. The largest absolute Gasteiger partial charge is 0.295 e. The van der Waals surface area contributed by atoms with E-state index in [1.54, 1.807) is 0 Å². The third-order valence-corrected chi connectivity index (χ3v) is 4.02. The Labute approximate surface area is 134 Å². The molecule has 0 aliphatic rings. The Bertz CT molecular complexity index is 819. The number of aryl methyl sites for hydroxylation is 2. The second kappa shape index (κ2) is 5.36. The summed E-state index contributed by atoms with van der Waals surface area (Å²) in [6.45, 7) is 6.13. The van der Waals surface area contributed by atoms with E-state index in [1.165, 1.54) is 11.1 Å². The van der Waals surface area contributed by atoms with E-state index in [2.05, 4.69) is 41.6 Å². The Balaban J connectivity index is 2.36. The number of hydrogen-bond donors (Lipinski definition) is 0. The smallest absolute Gasteiger partial charge is 0.132 e. The van der Waals surface area contributed by atoms with E-state index >= 15 is 0 Å². The minimum absolute atomic E-state index is 0.183. The number of rotatable bonds is 2. The molecule has 108 valence electrons. The van der Waals surface area contributed by atoms with Crippen molar-refractivity contribution in [1.29, 1.82) is 0 Å². The summed E-state index contributed by atoms with van der Waals surface area (Å²) in [6.07, 6.45) is 0. The van der Waals surface area contributed by atoms with Gasteiger partial charge >= 0.3 is 0 Å². The molecular weight excluding hydrogens is 303 g/mol. The van der Waals surface area contributed by atoms with Crippen molar-refractivity contribution in [3.05, 3.63) is 58.4 Å². The molecule has 0 amide bonds. The standard InChI is InChI=1S/C17H16Cl2N2/c1-10-4-6-15(11(2)8-10)21-16-7-5-13(19)9-14(16)20-17(21)12(3)18/h4-9,12H,1-3H3. The summed E-state index contributed by atoms with van der Waals surface area (Å²) >= 11 is 12.4. The van der Waals surface area contributed by atoms with Crippen molar-refractivity contribution >= 4 is 34.2 Å². The Morgan fingerprint density at radius 2 is 1.86 bits per heavy atom. The molecule has 0 radical (unpaired) electrons. The molecule has 1 aromatic heterocycles. The predicted molar refractivity (Wildman–Crippen MR) is 89.8 cm³/mol. The number of halogens is 2. The van der Waals surface area contributed by atoms with Crippen molar-refractivity contribution in [2.24, 2.45) is 0 Å². The number of benzene rings is 2. The molecule has 1 heterocycles. The van der Waals surface area contributed by atoms with Gasteiger partial charge in [0, 0.05) is 5.02 Å². The minimum atomic E-state index is -0.183. The van der Waals surface area contributed by atoms with Crippen LogP contribution >= 0.6 is 23.2 Å². The van der Waals surface area contributed by atoms with Crippen LogP contribution in [0, 0.1) is 13.8 Å². The monoisotopic (exact) mass is 318 g/mol. The quantitative estimate of drug-likeness (QED) is 0.563. The van der Waals surface area contributed by atoms with Crippen molar-refractivity contribution in [1.82, 2.24) is 9.55 Å². The van der Waals surface area contributed by atoms with E-state index in [0.29, 0.717) is 5.02 Å². The van der Waals surface area contributed by atoms with Gasteiger partial charge in [-0.25, -0.2) is 4.98 Å². The first-order valence-corrected chi connectivity index (χ1v) is 7.68. The first-order valence-electron chi connectivity index (χ1n) is 6.87. The number of aromatic nitrogens is 2. The number of nitrogens with zero attached hydrogens (tertiary/aromatic N) is 2. The molecule has 4 heteroatoms. The topological polar surface area (TPSA) is 17.8 Å². The van der Waals surface area contributed by atoms with Crippen molar-refractivity contribution in [2.45, 2.75) is 26.1 Å². The van der Waals surface area contributed by atoms with Gasteiger partial charge in [-0.15, -0.1) is 11.6 Å². The molecule has 3 aromatic rings. The van der Waals surface area contributed by atoms with Crippen molar-refractivity contribution in [2.75, 3.05) is 0 Å². The molecule has 2 aromatic carbocycles. The first-order chi connectivity index (χ1) is 9.97. The van der Waals surface area contributed by atoms with Gasteiger partial charge in [-0.1, -0.05) is 29.3 Å². The van der Waals surface area contributed by atoms with Crippen LogP contribution in [0.2, 0.25) is 5.02 Å². The highest BCUT2D eigenvalue weighted by Crippen LogP contribution is 2.31. The van der Waals surface area contributed by atoms with Crippen LogP contribution in [-0.2, 0) is 0 Å². The van der Waals surface area contributed by atoms with Crippen LogP contribution in [0.25, 0.3) is 16.7 Å². The Kier molecular flexibility index (Phi) is 3.68. The lowest BCUT2D eigenvalue weighted by Crippen LogP contribution is -2.03. The molecule has 0 aliphatic heterocycles. The van der Waals surface area contributed by atoms with Gasteiger partial charge in [0.1, 0.15) is 5.82 Å². The van der Waals surface area contributed by atoms with E-state index < -0.39 is 0 Å². The van der Waals surface area contributed by atoms with Crippen LogP contribution in [0.5, 0.6) is 0 Å². The van der Waals surface area contributed by atoms with Crippen molar-refractivity contribution < 1.29 is 0 Å². The van der Waals surface area contributed by atoms with Gasteiger partial charge in [0.2, 0.25) is 0 Å². The number of fused-ring (bicyclic) bond motifs is 1. The van der Waals surface area contributed by atoms with Crippen molar-refractivity contribution in [3.8, 4) is 5.69 Å². The van der Waals surface area contributed by atoms with E-state index in [9.17, 15) is 0 Å². The summed E-state index contributed by atoms with van der Waals surface area (Å²) in [4.78, 5) is 4.66. The van der Waals surface area contributed by atoms with Gasteiger partial charge in [-0.05, 0) is 50.6 Å². The minimum Gasteiger partial charge on any atom is -0.295 e. The number of hydrogen-bond acceptors (Lipinski definition) is 1. The maximum absolute atomic E-state index is 6.34. The Morgan fingerprint density at radius 3 is 2.52 bits per heavy atom. The summed E-state index contributed by atoms with van der Waals surface area (Å²) < 4.78 is 2.12. The Morgan fingerprint density at radius 1 is 1.10 bits per heavy atom. The third kappa shape index (κ3) is 2.54. The SMILES string of the molecule is Cc1ccc(-n2c(C(C)Cl)nc3cc(Cl)ccc32)c(C)c1. The van der Waals surface area contributed by atoms with E-state index in [1.807, 2.05) is 25.1 Å². The highest BCUT2D eigenvalue weighted by atomic mass is 35.5. The fourth-order valence-electron chi connectivity index (χ4n) is 2.65. The predicted octanol–water partition coefficient (Wildman–Crippen LogP) is 5.60. The van der Waals surface area contributed by atoms with Gasteiger partial charge < -0.3 is 0 Å². The zero-order valence-corrected chi connectivity index (χ0v) is 13.7. The number of alkyl halides is 1. The van der Waals surface area contributed by atoms with E-state index in [4.69, 9.17) is 23.2 Å². The number of imidazole rings is 1. The first kappa shape index (κ1) is 14.4. The van der Waals surface area contributed by atoms with Crippen LogP contribution in [0.3, 0.4) is 0 Å². The molecule has 0 fully saturated rings. The molecule has 0 spiro atoms. The van der Waals surface area contributed by atoms with E-state index in [-0.39, 0.29) is 5.38 Å². The molecule has 21 heavy (non-hydrogen) atoms. The molecule has 2 nitrogen and oxygen atoms in total. The van der Waals surface area contributed by atoms with Crippen LogP contribution in [-0.4, -0.2) is 9.55 Å². The zero-order chi connectivity index (χ0) is 15.1. The van der Waals surface area contributed by atoms with Crippen LogP contribution in [0.15, 0.2) is 36.4 Å². The van der Waals surface area contributed by atoms with E-state index in [0.717, 1.165) is 22.5 Å². The molecule has 3 rings (SSSR count). The fourth-order valence-corrected chi connectivity index (χ4v) is 2.96. The van der Waals surface area contributed by atoms with Crippen LogP contribution < -0.4 is 0 Å². The zero-order valence-electron chi connectivity index (χ0n) is 12.2. The lowest BCUT2D eigenvalue weighted by Gasteiger charge is -2.14. The molecular formula is C17H16Cl2N2. The molecule has 0 saturated carbocycles. The van der Waals surface area contributed by atoms with Crippen LogP contribution in [0.1, 0.15) is 29.3 Å². The summed E-state index contributed by atoms with van der Waals surface area (Å²) in [5, 5.41) is 0.499. The highest BCUT2D eigenvalue weighted by Gasteiger charge is 2.17.